The topological polar surface area (TPSA) is 83.5 Å². The van der Waals surface area contributed by atoms with Gasteiger partial charge in [-0.15, -0.1) is 0 Å². The highest BCUT2D eigenvalue weighted by Crippen LogP contribution is 2.24. The molecule has 0 heterocycles. The number of nitrogens with one attached hydrogen (secondary N) is 1. The predicted octanol–water partition coefficient (Wildman–Crippen LogP) is 2.19. The van der Waals surface area contributed by atoms with Gasteiger partial charge in [0.25, 0.3) is 0 Å². The number of carbonyl (C=O) groups is 1. The lowest BCUT2D eigenvalue weighted by Crippen LogP contribution is -2.22. The van der Waals surface area contributed by atoms with Crippen LogP contribution in [0.2, 0.25) is 5.02 Å². The van der Waals surface area contributed by atoms with Gasteiger partial charge < -0.3 is 5.11 Å². The van der Waals surface area contributed by atoms with Gasteiger partial charge in [-0.05, 0) is 32.0 Å². The highest BCUT2D eigenvalue weighted by atomic mass is 35.5. The molecule has 0 atom stereocenters. The van der Waals surface area contributed by atoms with Gasteiger partial charge in [0, 0.05) is 0 Å². The SMILES string of the molecule is CC(C)S(=O)(=O)Nc1ccc(C(=O)O)cc1Cl. The molecule has 94 valence electrons. The molecule has 7 heteroatoms. The zero-order chi connectivity index (χ0) is 13.2. The van der Waals surface area contributed by atoms with E-state index in [4.69, 9.17) is 16.7 Å². The molecule has 17 heavy (non-hydrogen) atoms. The second-order valence-electron chi connectivity index (χ2n) is 3.70. The lowest BCUT2D eigenvalue weighted by atomic mass is 10.2. The molecule has 0 aromatic heterocycles. The summed E-state index contributed by atoms with van der Waals surface area (Å²) in [5.74, 6) is -1.12. The summed E-state index contributed by atoms with van der Waals surface area (Å²) < 4.78 is 25.5. The molecule has 0 aliphatic rings. The standard InChI is InChI=1S/C10H12ClNO4S/c1-6(2)17(15,16)12-9-4-3-7(10(13)14)5-8(9)11/h3-6,12H,1-2H3,(H,13,14). The van der Waals surface area contributed by atoms with Crippen molar-refractivity contribution in [1.29, 1.82) is 0 Å². The van der Waals surface area contributed by atoms with Crippen LogP contribution in [0.5, 0.6) is 0 Å². The molecular weight excluding hydrogens is 266 g/mol. The second-order valence-corrected chi connectivity index (χ2v) is 6.34. The lowest BCUT2D eigenvalue weighted by Gasteiger charge is -2.12. The Kier molecular flexibility index (Phi) is 4.00. The van der Waals surface area contributed by atoms with Gasteiger partial charge in [0.15, 0.2) is 0 Å². The fourth-order valence-electron chi connectivity index (χ4n) is 1.00. The van der Waals surface area contributed by atoms with Crippen molar-refractivity contribution < 1.29 is 18.3 Å². The van der Waals surface area contributed by atoms with Gasteiger partial charge in [0.05, 0.1) is 21.5 Å². The first-order chi connectivity index (χ1) is 7.74. The molecule has 1 rings (SSSR count). The quantitative estimate of drug-likeness (QED) is 0.884. The Bertz CT molecular complexity index is 539. The number of sulfonamides is 1. The first-order valence-corrected chi connectivity index (χ1v) is 6.71. The number of carboxylic acids is 1. The van der Waals surface area contributed by atoms with Gasteiger partial charge >= 0.3 is 5.97 Å². The van der Waals surface area contributed by atoms with E-state index < -0.39 is 21.2 Å². The molecule has 0 fully saturated rings. The minimum Gasteiger partial charge on any atom is -0.478 e. The van der Waals surface area contributed by atoms with E-state index in [1.807, 2.05) is 0 Å². The normalized spacial score (nSPS) is 11.5. The number of rotatable bonds is 4. The number of carboxylic acid groups (broad SMARTS) is 1. The van der Waals surface area contributed by atoms with Gasteiger partial charge in [-0.25, -0.2) is 13.2 Å². The van der Waals surface area contributed by atoms with Crippen molar-refractivity contribution >= 4 is 33.3 Å². The van der Waals surface area contributed by atoms with Crippen LogP contribution in [0.1, 0.15) is 24.2 Å². The molecule has 0 saturated heterocycles. The maximum absolute atomic E-state index is 11.6. The monoisotopic (exact) mass is 277 g/mol. The second kappa shape index (κ2) is 4.93. The van der Waals surface area contributed by atoms with E-state index >= 15 is 0 Å². The minimum atomic E-state index is -3.49. The average molecular weight is 278 g/mol. The van der Waals surface area contributed by atoms with Gasteiger partial charge in [-0.3, -0.25) is 4.72 Å². The molecule has 2 N–H and O–H groups in total. The van der Waals surface area contributed by atoms with Crippen molar-refractivity contribution in [3.8, 4) is 0 Å². The zero-order valence-corrected chi connectivity index (χ0v) is 10.8. The van der Waals surface area contributed by atoms with Crippen LogP contribution >= 0.6 is 11.6 Å². The summed E-state index contributed by atoms with van der Waals surface area (Å²) in [4.78, 5) is 10.7. The van der Waals surface area contributed by atoms with E-state index in [2.05, 4.69) is 4.72 Å². The highest BCUT2D eigenvalue weighted by molar-refractivity contribution is 7.93. The number of anilines is 1. The molecule has 0 saturated carbocycles. The Balaban J connectivity index is 3.06. The molecule has 5 nitrogen and oxygen atoms in total. The van der Waals surface area contributed by atoms with Crippen molar-refractivity contribution in [2.75, 3.05) is 4.72 Å². The third kappa shape index (κ3) is 3.34. The average Bonchev–Trinajstić information content (AvgIpc) is 2.20. The minimum absolute atomic E-state index is 0.00231. The van der Waals surface area contributed by atoms with Gasteiger partial charge in [0.2, 0.25) is 10.0 Å². The molecule has 0 unspecified atom stereocenters. The van der Waals surface area contributed by atoms with E-state index in [1.54, 1.807) is 0 Å². The van der Waals surface area contributed by atoms with E-state index in [1.165, 1.54) is 32.0 Å². The van der Waals surface area contributed by atoms with Gasteiger partial charge in [0.1, 0.15) is 0 Å². The summed E-state index contributed by atoms with van der Waals surface area (Å²) >= 11 is 5.79. The highest BCUT2D eigenvalue weighted by Gasteiger charge is 2.17. The maximum Gasteiger partial charge on any atom is 0.335 e. The van der Waals surface area contributed by atoms with Crippen LogP contribution in [-0.4, -0.2) is 24.7 Å². The van der Waals surface area contributed by atoms with Crippen LogP contribution in [0, 0.1) is 0 Å². The number of benzene rings is 1. The number of aromatic carboxylic acids is 1. The molecule has 0 amide bonds. The summed E-state index contributed by atoms with van der Waals surface area (Å²) in [6.07, 6.45) is 0. The van der Waals surface area contributed by atoms with E-state index in [-0.39, 0.29) is 16.3 Å². The molecule has 0 aliphatic carbocycles. The van der Waals surface area contributed by atoms with Crippen LogP contribution in [0.25, 0.3) is 0 Å². The Morgan fingerprint density at radius 2 is 2.00 bits per heavy atom. The smallest absolute Gasteiger partial charge is 0.335 e. The van der Waals surface area contributed by atoms with Crippen LogP contribution in [0.15, 0.2) is 18.2 Å². The van der Waals surface area contributed by atoms with E-state index in [0.29, 0.717) is 0 Å². The first-order valence-electron chi connectivity index (χ1n) is 4.78. The van der Waals surface area contributed by atoms with Gasteiger partial charge in [-0.2, -0.15) is 0 Å². The van der Waals surface area contributed by atoms with Crippen LogP contribution < -0.4 is 4.72 Å². The molecule has 0 aliphatic heterocycles. The summed E-state index contributed by atoms with van der Waals surface area (Å²) in [6.45, 7) is 3.06. The fourth-order valence-corrected chi connectivity index (χ4v) is 2.01. The molecule has 1 aromatic rings. The Morgan fingerprint density at radius 3 is 2.41 bits per heavy atom. The van der Waals surface area contributed by atoms with Gasteiger partial charge in [-0.1, -0.05) is 11.6 Å². The summed E-state index contributed by atoms with van der Waals surface area (Å²) in [5, 5.41) is 8.17. The molecular formula is C10H12ClNO4S. The van der Waals surface area contributed by atoms with Crippen molar-refractivity contribution in [3.05, 3.63) is 28.8 Å². The van der Waals surface area contributed by atoms with E-state index in [0.717, 1.165) is 0 Å². The van der Waals surface area contributed by atoms with Crippen molar-refractivity contribution in [1.82, 2.24) is 0 Å². The molecule has 0 spiro atoms. The summed E-state index contributed by atoms with van der Waals surface area (Å²) in [5.41, 5.74) is 0.174. The zero-order valence-electron chi connectivity index (χ0n) is 9.27. The first kappa shape index (κ1) is 13.8. The Labute approximate surface area is 104 Å². The fraction of sp³-hybridized carbons (Fsp3) is 0.300. The predicted molar refractivity (Wildman–Crippen MR) is 66.1 cm³/mol. The maximum atomic E-state index is 11.6. The Hall–Kier alpha value is -1.27. The van der Waals surface area contributed by atoms with Crippen LogP contribution in [0.3, 0.4) is 0 Å². The van der Waals surface area contributed by atoms with Crippen LogP contribution in [-0.2, 0) is 10.0 Å². The molecule has 1 aromatic carbocycles. The van der Waals surface area contributed by atoms with Crippen molar-refractivity contribution in [3.63, 3.8) is 0 Å². The molecule has 0 radical (unpaired) electrons. The molecule has 0 bridgehead atoms. The number of hydrogen-bond donors (Lipinski definition) is 2. The summed E-state index contributed by atoms with van der Waals surface area (Å²) in [6, 6.07) is 3.81. The Morgan fingerprint density at radius 1 is 1.41 bits per heavy atom. The largest absolute Gasteiger partial charge is 0.478 e. The lowest BCUT2D eigenvalue weighted by molar-refractivity contribution is 0.0697. The summed E-state index contributed by atoms with van der Waals surface area (Å²) in [7, 11) is -3.49. The van der Waals surface area contributed by atoms with Crippen LogP contribution in [0.4, 0.5) is 5.69 Å². The van der Waals surface area contributed by atoms with Crippen molar-refractivity contribution in [2.24, 2.45) is 0 Å². The number of halogens is 1. The van der Waals surface area contributed by atoms with E-state index in [9.17, 15) is 13.2 Å². The third-order valence-electron chi connectivity index (χ3n) is 2.09. The van der Waals surface area contributed by atoms with Crippen molar-refractivity contribution in [2.45, 2.75) is 19.1 Å². The number of hydrogen-bond acceptors (Lipinski definition) is 3. The third-order valence-corrected chi connectivity index (χ3v) is 4.15.